The smallest absolute Gasteiger partial charge is 0.338 e. The molecule has 0 aliphatic carbocycles. The van der Waals surface area contributed by atoms with Gasteiger partial charge in [-0.2, -0.15) is 0 Å². The Balaban J connectivity index is 2.00. The molecule has 212 valence electrons. The highest BCUT2D eigenvalue weighted by Crippen LogP contribution is 2.41. The Morgan fingerprint density at radius 1 is 0.975 bits per heavy atom. The number of carbonyl (C=O) groups is 1. The lowest BCUT2D eigenvalue weighted by atomic mass is 9.95. The first-order valence-electron chi connectivity index (χ1n) is 12.3. The van der Waals surface area contributed by atoms with E-state index >= 15 is 0 Å². The number of esters is 1. The molecule has 0 saturated heterocycles. The number of carbonyl (C=O) groups excluding carboxylic acids is 1. The minimum Gasteiger partial charge on any atom is -0.493 e. The van der Waals surface area contributed by atoms with Crippen molar-refractivity contribution >= 4 is 55.2 Å². The Kier molecular flexibility index (Phi) is 9.42. The van der Waals surface area contributed by atoms with E-state index in [0.717, 1.165) is 10.0 Å². The summed E-state index contributed by atoms with van der Waals surface area (Å²) in [7, 11) is 4.63. The summed E-state index contributed by atoms with van der Waals surface area (Å²) in [6.07, 6.45) is 1.76. The zero-order valence-electron chi connectivity index (χ0n) is 22.8. The lowest BCUT2D eigenvalue weighted by Crippen LogP contribution is -2.40. The minimum absolute atomic E-state index is 0.174. The number of ether oxygens (including phenoxy) is 5. The number of halogens is 2. The van der Waals surface area contributed by atoms with Crippen LogP contribution in [-0.4, -0.2) is 45.1 Å². The van der Waals surface area contributed by atoms with Crippen LogP contribution in [0.4, 0.5) is 0 Å². The van der Waals surface area contributed by atoms with Gasteiger partial charge in [0.2, 0.25) is 0 Å². The maximum absolute atomic E-state index is 14.0. The van der Waals surface area contributed by atoms with Crippen LogP contribution in [0.3, 0.4) is 0 Å². The molecule has 0 saturated carbocycles. The second kappa shape index (κ2) is 12.6. The maximum atomic E-state index is 14.0. The van der Waals surface area contributed by atoms with E-state index in [2.05, 4.69) is 36.9 Å². The molecule has 2 aromatic carbocycles. The molecule has 1 aliphatic heterocycles. The van der Waals surface area contributed by atoms with Gasteiger partial charge < -0.3 is 23.7 Å². The van der Waals surface area contributed by atoms with Crippen molar-refractivity contribution in [3.8, 4) is 23.0 Å². The van der Waals surface area contributed by atoms with Crippen molar-refractivity contribution in [1.82, 2.24) is 4.57 Å². The molecule has 0 spiro atoms. The molecule has 0 bridgehead atoms. The monoisotopic (exact) mass is 694 g/mol. The molecule has 0 unspecified atom stereocenters. The SMILES string of the molecule is CCOC(=O)C1=C(C)N=c2s/c(=C/c3cc(OCC)c(OC)cc3Br)c(=O)n2[C@H]1c1cc(OC)c(OC)cc1Br. The molecular weight excluding hydrogens is 668 g/mol. The van der Waals surface area contributed by atoms with Crippen LogP contribution in [0.15, 0.2) is 54.3 Å². The third-order valence-corrected chi connectivity index (χ3v) is 8.54. The van der Waals surface area contributed by atoms with Gasteiger partial charge in [0.1, 0.15) is 0 Å². The van der Waals surface area contributed by atoms with Gasteiger partial charge in [0.05, 0.1) is 56.4 Å². The first-order chi connectivity index (χ1) is 19.2. The molecule has 12 heteroatoms. The van der Waals surface area contributed by atoms with Gasteiger partial charge in [-0.05, 0) is 62.2 Å². The van der Waals surface area contributed by atoms with Crippen molar-refractivity contribution in [3.05, 3.63) is 75.3 Å². The van der Waals surface area contributed by atoms with Crippen LogP contribution >= 0.6 is 43.2 Å². The predicted molar refractivity (Wildman–Crippen MR) is 160 cm³/mol. The molecule has 1 aliphatic rings. The van der Waals surface area contributed by atoms with Crippen molar-refractivity contribution in [1.29, 1.82) is 0 Å². The van der Waals surface area contributed by atoms with Gasteiger partial charge in [-0.3, -0.25) is 9.36 Å². The van der Waals surface area contributed by atoms with Crippen molar-refractivity contribution in [2.45, 2.75) is 26.8 Å². The second-order valence-corrected chi connectivity index (χ2v) is 11.2. The van der Waals surface area contributed by atoms with E-state index in [1.165, 1.54) is 30.1 Å². The fourth-order valence-corrected chi connectivity index (χ4v) is 6.41. The fourth-order valence-electron chi connectivity index (χ4n) is 4.40. The normalized spacial score (nSPS) is 14.9. The summed E-state index contributed by atoms with van der Waals surface area (Å²) in [5.41, 5.74) is 1.75. The number of aromatic nitrogens is 1. The highest BCUT2D eigenvalue weighted by molar-refractivity contribution is 9.10. The number of hydrogen-bond donors (Lipinski definition) is 0. The third-order valence-electron chi connectivity index (χ3n) is 6.18. The van der Waals surface area contributed by atoms with E-state index in [9.17, 15) is 9.59 Å². The van der Waals surface area contributed by atoms with Crippen LogP contribution in [0.1, 0.15) is 37.9 Å². The Labute approximate surface area is 251 Å². The third kappa shape index (κ3) is 5.57. The number of nitrogens with zero attached hydrogens (tertiary/aromatic N) is 2. The molecule has 3 aromatic rings. The van der Waals surface area contributed by atoms with Crippen LogP contribution in [-0.2, 0) is 9.53 Å². The summed E-state index contributed by atoms with van der Waals surface area (Å²) in [6.45, 7) is 5.98. The summed E-state index contributed by atoms with van der Waals surface area (Å²) < 4.78 is 30.8. The fraction of sp³-hybridized carbons (Fsp3) is 0.321. The lowest BCUT2D eigenvalue weighted by molar-refractivity contribution is -0.139. The number of allylic oxidation sites excluding steroid dienone is 1. The zero-order valence-corrected chi connectivity index (χ0v) is 26.8. The van der Waals surface area contributed by atoms with Crippen LogP contribution in [0, 0.1) is 0 Å². The summed E-state index contributed by atoms with van der Waals surface area (Å²) in [5, 5.41) is 0. The van der Waals surface area contributed by atoms with Crippen LogP contribution < -0.4 is 33.8 Å². The molecule has 0 N–H and O–H groups in total. The molecule has 0 radical (unpaired) electrons. The number of fused-ring (bicyclic) bond motifs is 1. The predicted octanol–water partition coefficient (Wildman–Crippen LogP) is 4.75. The Morgan fingerprint density at radius 2 is 1.60 bits per heavy atom. The number of benzene rings is 2. The summed E-state index contributed by atoms with van der Waals surface area (Å²) in [6, 6.07) is 6.26. The van der Waals surface area contributed by atoms with Gasteiger partial charge in [-0.15, -0.1) is 0 Å². The summed E-state index contributed by atoms with van der Waals surface area (Å²) >= 11 is 8.41. The zero-order chi connectivity index (χ0) is 29.1. The lowest BCUT2D eigenvalue weighted by Gasteiger charge is -2.26. The molecule has 2 heterocycles. The van der Waals surface area contributed by atoms with Gasteiger partial charge in [0, 0.05) is 8.95 Å². The largest absolute Gasteiger partial charge is 0.493 e. The first-order valence-corrected chi connectivity index (χ1v) is 14.7. The van der Waals surface area contributed by atoms with E-state index in [1.807, 2.05) is 13.0 Å². The standard InChI is InChI=1S/C28H28Br2N2O7S/c1-7-38-22-9-15(17(29)12-21(22)37-6)10-23-26(33)32-25(16-11-19(35-4)20(36-5)13-18(16)30)24(27(34)39-8-2)14(3)31-28(32)40-23/h9-13,25H,7-8H2,1-6H3/b23-10+/t25-/m0/s1. The number of thiazole rings is 1. The molecule has 9 nitrogen and oxygen atoms in total. The van der Waals surface area contributed by atoms with Crippen molar-refractivity contribution in [2.75, 3.05) is 34.5 Å². The van der Waals surface area contributed by atoms with Gasteiger partial charge in [0.15, 0.2) is 27.8 Å². The molecule has 0 amide bonds. The number of rotatable bonds is 9. The maximum Gasteiger partial charge on any atom is 0.338 e. The van der Waals surface area contributed by atoms with Crippen molar-refractivity contribution in [2.24, 2.45) is 4.99 Å². The average molecular weight is 696 g/mol. The Hall–Kier alpha value is -3.09. The number of methoxy groups -OCH3 is 3. The van der Waals surface area contributed by atoms with E-state index in [-0.39, 0.29) is 17.7 Å². The van der Waals surface area contributed by atoms with Gasteiger partial charge in [-0.25, -0.2) is 9.79 Å². The van der Waals surface area contributed by atoms with Crippen LogP contribution in [0.2, 0.25) is 0 Å². The summed E-state index contributed by atoms with van der Waals surface area (Å²) in [5.74, 6) is 1.52. The van der Waals surface area contributed by atoms with E-state index in [0.29, 0.717) is 54.7 Å². The molecular formula is C28H28Br2N2O7S. The van der Waals surface area contributed by atoms with Crippen LogP contribution in [0.5, 0.6) is 23.0 Å². The van der Waals surface area contributed by atoms with Gasteiger partial charge in [-0.1, -0.05) is 43.2 Å². The first kappa shape index (κ1) is 29.9. The molecule has 1 aromatic heterocycles. The highest BCUT2D eigenvalue weighted by Gasteiger charge is 2.35. The molecule has 4 rings (SSSR count). The van der Waals surface area contributed by atoms with E-state index in [4.69, 9.17) is 23.7 Å². The molecule has 1 atom stereocenters. The van der Waals surface area contributed by atoms with E-state index in [1.54, 1.807) is 45.2 Å². The summed E-state index contributed by atoms with van der Waals surface area (Å²) in [4.78, 5) is 32.4. The highest BCUT2D eigenvalue weighted by atomic mass is 79.9. The minimum atomic E-state index is -0.829. The molecule has 0 fully saturated rings. The van der Waals surface area contributed by atoms with Gasteiger partial charge >= 0.3 is 5.97 Å². The van der Waals surface area contributed by atoms with Gasteiger partial charge in [0.25, 0.3) is 5.56 Å². The molecule has 40 heavy (non-hydrogen) atoms. The van der Waals surface area contributed by atoms with Crippen molar-refractivity contribution in [3.63, 3.8) is 0 Å². The average Bonchev–Trinajstić information content (AvgIpc) is 3.23. The Morgan fingerprint density at radius 3 is 2.23 bits per heavy atom. The Bertz CT molecular complexity index is 1680. The van der Waals surface area contributed by atoms with E-state index < -0.39 is 12.0 Å². The van der Waals surface area contributed by atoms with Crippen molar-refractivity contribution < 1.29 is 28.5 Å². The quantitative estimate of drug-likeness (QED) is 0.298. The number of hydrogen-bond acceptors (Lipinski definition) is 9. The second-order valence-electron chi connectivity index (χ2n) is 8.49. The van der Waals surface area contributed by atoms with Crippen LogP contribution in [0.25, 0.3) is 6.08 Å². The topological polar surface area (TPSA) is 97.6 Å².